The number of amides is 1. The molecule has 0 saturated heterocycles. The van der Waals surface area contributed by atoms with Gasteiger partial charge < -0.3 is 11.1 Å². The number of aromatic nitrogens is 3. The molecule has 0 aliphatic carbocycles. The van der Waals surface area contributed by atoms with E-state index in [0.29, 0.717) is 11.4 Å². The number of nitrogens with one attached hydrogen (secondary N) is 2. The van der Waals surface area contributed by atoms with Crippen LogP contribution in [0.4, 0.5) is 5.95 Å². The third-order valence-electron chi connectivity index (χ3n) is 2.55. The minimum atomic E-state index is -0.328. The van der Waals surface area contributed by atoms with Crippen molar-refractivity contribution in [2.75, 3.05) is 5.73 Å². The smallest absolute Gasteiger partial charge is 0.288 e. The Bertz CT molecular complexity index is 566. The standard InChI is InChI=1S/C12H14ClN5O/c1-7(6-8-2-4-9(13)5-3-8)15-11(19)10-16-12(14)18-17-10/h2-5,7H,6H2,1H3,(H,15,19)(H3,14,16,17,18). The molecular formula is C12H14ClN5O. The maximum Gasteiger partial charge on any atom is 0.288 e. The van der Waals surface area contributed by atoms with Crippen LogP contribution in [0.3, 0.4) is 0 Å². The van der Waals surface area contributed by atoms with Gasteiger partial charge in [0.05, 0.1) is 0 Å². The highest BCUT2D eigenvalue weighted by Gasteiger charge is 2.13. The van der Waals surface area contributed by atoms with Crippen molar-refractivity contribution in [2.24, 2.45) is 0 Å². The van der Waals surface area contributed by atoms with Crippen LogP contribution in [0.5, 0.6) is 0 Å². The van der Waals surface area contributed by atoms with E-state index in [-0.39, 0.29) is 23.7 Å². The summed E-state index contributed by atoms with van der Waals surface area (Å²) in [6.45, 7) is 1.91. The fourth-order valence-corrected chi connectivity index (χ4v) is 1.82. The molecule has 1 atom stereocenters. The van der Waals surface area contributed by atoms with Crippen molar-refractivity contribution >= 4 is 23.5 Å². The molecule has 1 aromatic heterocycles. The molecule has 1 amide bonds. The quantitative estimate of drug-likeness (QED) is 0.788. The Morgan fingerprint density at radius 1 is 1.47 bits per heavy atom. The highest BCUT2D eigenvalue weighted by Crippen LogP contribution is 2.11. The molecule has 0 aliphatic heterocycles. The topological polar surface area (TPSA) is 96.7 Å². The summed E-state index contributed by atoms with van der Waals surface area (Å²) in [5.41, 5.74) is 6.43. The van der Waals surface area contributed by atoms with Crippen molar-refractivity contribution in [1.82, 2.24) is 20.5 Å². The van der Waals surface area contributed by atoms with Crippen LogP contribution in [0.15, 0.2) is 24.3 Å². The van der Waals surface area contributed by atoms with Gasteiger partial charge in [-0.2, -0.15) is 4.98 Å². The van der Waals surface area contributed by atoms with Crippen molar-refractivity contribution < 1.29 is 4.79 Å². The fourth-order valence-electron chi connectivity index (χ4n) is 1.69. The summed E-state index contributed by atoms with van der Waals surface area (Å²) in [7, 11) is 0. The van der Waals surface area contributed by atoms with Gasteiger partial charge in [-0.1, -0.05) is 23.7 Å². The van der Waals surface area contributed by atoms with E-state index in [1.54, 1.807) is 0 Å². The van der Waals surface area contributed by atoms with E-state index >= 15 is 0 Å². The van der Waals surface area contributed by atoms with Crippen molar-refractivity contribution in [3.63, 3.8) is 0 Å². The molecule has 0 radical (unpaired) electrons. The fraction of sp³-hybridized carbons (Fsp3) is 0.250. The van der Waals surface area contributed by atoms with Gasteiger partial charge in [0.2, 0.25) is 11.8 Å². The predicted molar refractivity (Wildman–Crippen MR) is 72.9 cm³/mol. The number of halogens is 1. The summed E-state index contributed by atoms with van der Waals surface area (Å²) in [6, 6.07) is 7.46. The van der Waals surface area contributed by atoms with Crippen LogP contribution < -0.4 is 11.1 Å². The number of anilines is 1. The largest absolute Gasteiger partial charge is 0.366 e. The van der Waals surface area contributed by atoms with Gasteiger partial charge in [-0.15, -0.1) is 5.10 Å². The zero-order chi connectivity index (χ0) is 13.8. The van der Waals surface area contributed by atoms with Crippen LogP contribution in [0.1, 0.15) is 23.1 Å². The minimum Gasteiger partial charge on any atom is -0.366 e. The average molecular weight is 280 g/mol. The summed E-state index contributed by atoms with van der Waals surface area (Å²) in [6.07, 6.45) is 0.701. The first kappa shape index (κ1) is 13.4. The number of aromatic amines is 1. The van der Waals surface area contributed by atoms with Gasteiger partial charge in [0.1, 0.15) is 0 Å². The molecule has 4 N–H and O–H groups in total. The zero-order valence-corrected chi connectivity index (χ0v) is 11.1. The maximum atomic E-state index is 11.8. The highest BCUT2D eigenvalue weighted by molar-refractivity contribution is 6.30. The Morgan fingerprint density at radius 2 is 2.16 bits per heavy atom. The van der Waals surface area contributed by atoms with Crippen LogP contribution in [-0.2, 0) is 6.42 Å². The summed E-state index contributed by atoms with van der Waals surface area (Å²) in [5, 5.41) is 9.57. The van der Waals surface area contributed by atoms with Crippen molar-refractivity contribution in [1.29, 1.82) is 0 Å². The molecular weight excluding hydrogens is 266 g/mol. The van der Waals surface area contributed by atoms with Gasteiger partial charge in [0.15, 0.2) is 0 Å². The van der Waals surface area contributed by atoms with Gasteiger partial charge >= 0.3 is 0 Å². The molecule has 0 fully saturated rings. The summed E-state index contributed by atoms with van der Waals surface area (Å²) in [4.78, 5) is 15.6. The van der Waals surface area contributed by atoms with Crippen LogP contribution in [0.25, 0.3) is 0 Å². The summed E-state index contributed by atoms with van der Waals surface area (Å²) < 4.78 is 0. The summed E-state index contributed by atoms with van der Waals surface area (Å²) >= 11 is 5.81. The van der Waals surface area contributed by atoms with Crippen LogP contribution in [0, 0.1) is 0 Å². The Morgan fingerprint density at radius 3 is 2.74 bits per heavy atom. The predicted octanol–water partition coefficient (Wildman–Crippen LogP) is 1.40. The third-order valence-corrected chi connectivity index (χ3v) is 2.80. The monoisotopic (exact) mass is 279 g/mol. The molecule has 7 heteroatoms. The highest BCUT2D eigenvalue weighted by atomic mass is 35.5. The number of carbonyl (C=O) groups is 1. The maximum absolute atomic E-state index is 11.8. The van der Waals surface area contributed by atoms with Crippen LogP contribution in [0.2, 0.25) is 5.02 Å². The number of nitrogen functional groups attached to an aromatic ring is 1. The molecule has 6 nitrogen and oxygen atoms in total. The summed E-state index contributed by atoms with van der Waals surface area (Å²) in [5.74, 6) is -0.165. The molecule has 1 aromatic carbocycles. The van der Waals surface area contributed by atoms with Gasteiger partial charge in [-0.25, -0.2) is 0 Å². The lowest BCUT2D eigenvalue weighted by Crippen LogP contribution is -2.34. The lowest BCUT2D eigenvalue weighted by atomic mass is 10.1. The van der Waals surface area contributed by atoms with E-state index in [9.17, 15) is 4.79 Å². The van der Waals surface area contributed by atoms with E-state index < -0.39 is 0 Å². The number of H-pyrrole nitrogens is 1. The Labute approximate surface area is 115 Å². The van der Waals surface area contributed by atoms with Crippen LogP contribution in [-0.4, -0.2) is 27.1 Å². The second-order valence-electron chi connectivity index (χ2n) is 4.25. The second kappa shape index (κ2) is 5.71. The second-order valence-corrected chi connectivity index (χ2v) is 4.68. The van der Waals surface area contributed by atoms with E-state index in [4.69, 9.17) is 17.3 Å². The van der Waals surface area contributed by atoms with E-state index in [1.807, 2.05) is 31.2 Å². The van der Waals surface area contributed by atoms with Crippen molar-refractivity contribution in [3.05, 3.63) is 40.7 Å². The number of nitrogens with zero attached hydrogens (tertiary/aromatic N) is 2. The Balaban J connectivity index is 1.92. The molecule has 0 bridgehead atoms. The Kier molecular flexibility index (Phi) is 4.01. The number of benzene rings is 1. The Hall–Kier alpha value is -2.08. The lowest BCUT2D eigenvalue weighted by Gasteiger charge is -2.12. The van der Waals surface area contributed by atoms with Gasteiger partial charge in [-0.3, -0.25) is 9.89 Å². The molecule has 19 heavy (non-hydrogen) atoms. The number of rotatable bonds is 4. The van der Waals surface area contributed by atoms with E-state index in [2.05, 4.69) is 20.5 Å². The first-order chi connectivity index (χ1) is 9.04. The van der Waals surface area contributed by atoms with Gasteiger partial charge in [0, 0.05) is 11.1 Å². The van der Waals surface area contributed by atoms with Gasteiger partial charge in [-0.05, 0) is 31.0 Å². The zero-order valence-electron chi connectivity index (χ0n) is 10.4. The SMILES string of the molecule is CC(Cc1ccc(Cl)cc1)NC(=O)c1nc(N)n[nH]1. The molecule has 0 aliphatic rings. The minimum absolute atomic E-state index is 0.0417. The van der Waals surface area contributed by atoms with Gasteiger partial charge in [0.25, 0.3) is 5.91 Å². The number of hydrogen-bond donors (Lipinski definition) is 3. The van der Waals surface area contributed by atoms with Crippen LogP contribution >= 0.6 is 11.6 Å². The molecule has 2 aromatic rings. The van der Waals surface area contributed by atoms with E-state index in [1.165, 1.54) is 0 Å². The van der Waals surface area contributed by atoms with Crippen molar-refractivity contribution in [3.8, 4) is 0 Å². The first-order valence-electron chi connectivity index (χ1n) is 5.78. The number of hydrogen-bond acceptors (Lipinski definition) is 4. The molecule has 0 spiro atoms. The normalized spacial score (nSPS) is 12.1. The molecule has 0 saturated carbocycles. The molecule has 100 valence electrons. The third kappa shape index (κ3) is 3.69. The molecule has 1 unspecified atom stereocenters. The van der Waals surface area contributed by atoms with E-state index in [0.717, 1.165) is 5.56 Å². The first-order valence-corrected chi connectivity index (χ1v) is 6.15. The number of carbonyl (C=O) groups excluding carboxylic acids is 1. The molecule has 2 rings (SSSR count). The molecule has 1 heterocycles. The average Bonchev–Trinajstić information content (AvgIpc) is 2.79. The lowest BCUT2D eigenvalue weighted by molar-refractivity contribution is 0.0930. The van der Waals surface area contributed by atoms with Crippen molar-refractivity contribution in [2.45, 2.75) is 19.4 Å². The number of nitrogens with two attached hydrogens (primary N) is 1.